The van der Waals surface area contributed by atoms with E-state index in [-0.39, 0.29) is 6.10 Å². The highest BCUT2D eigenvalue weighted by Gasteiger charge is 2.24. The van der Waals surface area contributed by atoms with Gasteiger partial charge in [-0.3, -0.25) is 0 Å². The lowest BCUT2D eigenvalue weighted by atomic mass is 10.1. The second-order valence-corrected chi connectivity index (χ2v) is 6.23. The minimum absolute atomic E-state index is 0.105. The van der Waals surface area contributed by atoms with Crippen LogP contribution < -0.4 is 10.1 Å². The molecule has 0 saturated heterocycles. The van der Waals surface area contributed by atoms with Gasteiger partial charge in [-0.25, -0.2) is 0 Å². The van der Waals surface area contributed by atoms with Gasteiger partial charge in [-0.05, 0) is 48.9 Å². The lowest BCUT2D eigenvalue weighted by Gasteiger charge is -2.26. The van der Waals surface area contributed by atoms with Crippen LogP contribution in [0.25, 0.3) is 11.0 Å². The Morgan fingerprint density at radius 1 is 1.14 bits per heavy atom. The van der Waals surface area contributed by atoms with Gasteiger partial charge in [0.2, 0.25) is 0 Å². The van der Waals surface area contributed by atoms with Gasteiger partial charge in [-0.1, -0.05) is 22.0 Å². The Balaban J connectivity index is 1.68. The molecule has 0 radical (unpaired) electrons. The van der Waals surface area contributed by atoms with Gasteiger partial charge < -0.3 is 14.5 Å². The van der Waals surface area contributed by atoms with Gasteiger partial charge in [0.25, 0.3) is 0 Å². The van der Waals surface area contributed by atoms with Crippen molar-refractivity contribution in [2.75, 3.05) is 11.9 Å². The van der Waals surface area contributed by atoms with Crippen molar-refractivity contribution in [1.29, 1.82) is 0 Å². The molecule has 1 aromatic heterocycles. The molecule has 1 atom stereocenters. The summed E-state index contributed by atoms with van der Waals surface area (Å²) >= 11 is 3.48. The number of benzene rings is 2. The summed E-state index contributed by atoms with van der Waals surface area (Å²) in [6.07, 6.45) is -0.105. The smallest absolute Gasteiger partial charge is 0.173 e. The maximum Gasteiger partial charge on any atom is 0.173 e. The summed E-state index contributed by atoms with van der Waals surface area (Å²) in [5.41, 5.74) is 3.15. The second kappa shape index (κ2) is 4.81. The predicted molar refractivity (Wildman–Crippen MR) is 87.0 cm³/mol. The molecule has 1 aliphatic rings. The van der Waals surface area contributed by atoms with Crippen LogP contribution in [0.2, 0.25) is 0 Å². The molecule has 21 heavy (non-hydrogen) atoms. The molecule has 0 aliphatic carbocycles. The Bertz CT molecular complexity index is 825. The van der Waals surface area contributed by atoms with Gasteiger partial charge in [0.1, 0.15) is 17.1 Å². The molecule has 0 amide bonds. The van der Waals surface area contributed by atoms with E-state index in [1.807, 2.05) is 24.3 Å². The summed E-state index contributed by atoms with van der Waals surface area (Å²) in [5, 5.41) is 4.49. The van der Waals surface area contributed by atoms with Crippen molar-refractivity contribution in [1.82, 2.24) is 0 Å². The summed E-state index contributed by atoms with van der Waals surface area (Å²) in [4.78, 5) is 0. The zero-order chi connectivity index (χ0) is 14.4. The van der Waals surface area contributed by atoms with Crippen LogP contribution >= 0.6 is 15.9 Å². The number of nitrogens with one attached hydrogen (secondary N) is 1. The van der Waals surface area contributed by atoms with E-state index in [1.54, 1.807) is 0 Å². The second-order valence-electron chi connectivity index (χ2n) is 5.32. The minimum Gasteiger partial charge on any atom is -0.478 e. The third kappa shape index (κ3) is 2.29. The Kier molecular flexibility index (Phi) is 2.93. The number of ether oxygens (including phenoxy) is 1. The predicted octanol–water partition coefficient (Wildman–Crippen LogP) is 5.05. The average Bonchev–Trinajstić information content (AvgIpc) is 2.89. The monoisotopic (exact) mass is 343 g/mol. The molecule has 1 aliphatic heterocycles. The van der Waals surface area contributed by atoms with Crippen LogP contribution in [0.5, 0.6) is 5.75 Å². The first-order chi connectivity index (χ1) is 10.2. The number of hydrogen-bond acceptors (Lipinski definition) is 3. The Hall–Kier alpha value is -1.94. The standard InChI is InChI=1S/C17H14BrNO2/c1-10-2-4-15-13(6-10)19-9-17(21-15)16-8-11-7-12(18)3-5-14(11)20-16/h2-8,17,19H,9H2,1H3. The van der Waals surface area contributed by atoms with E-state index in [9.17, 15) is 0 Å². The molecule has 2 aromatic carbocycles. The van der Waals surface area contributed by atoms with Crippen LogP contribution in [0.15, 0.2) is 51.4 Å². The van der Waals surface area contributed by atoms with Crippen LogP contribution in [0.3, 0.4) is 0 Å². The molecule has 3 aromatic rings. The van der Waals surface area contributed by atoms with E-state index in [0.717, 1.165) is 32.6 Å². The van der Waals surface area contributed by atoms with E-state index in [2.05, 4.69) is 46.4 Å². The summed E-state index contributed by atoms with van der Waals surface area (Å²) < 4.78 is 13.0. The van der Waals surface area contributed by atoms with Crippen molar-refractivity contribution < 1.29 is 9.15 Å². The Morgan fingerprint density at radius 3 is 2.95 bits per heavy atom. The molecule has 0 saturated carbocycles. The van der Waals surface area contributed by atoms with E-state index in [0.29, 0.717) is 6.54 Å². The normalized spacial score (nSPS) is 17.1. The molecule has 1 N–H and O–H groups in total. The Morgan fingerprint density at radius 2 is 2.05 bits per heavy atom. The van der Waals surface area contributed by atoms with E-state index in [4.69, 9.17) is 9.15 Å². The van der Waals surface area contributed by atoms with E-state index < -0.39 is 0 Å². The van der Waals surface area contributed by atoms with Gasteiger partial charge in [-0.15, -0.1) is 0 Å². The first kappa shape index (κ1) is 12.8. The molecule has 4 rings (SSSR count). The van der Waals surface area contributed by atoms with Gasteiger partial charge in [0.15, 0.2) is 6.10 Å². The van der Waals surface area contributed by atoms with Gasteiger partial charge in [-0.2, -0.15) is 0 Å². The molecular weight excluding hydrogens is 330 g/mol. The summed E-state index contributed by atoms with van der Waals surface area (Å²) in [7, 11) is 0. The fourth-order valence-electron chi connectivity index (χ4n) is 2.63. The van der Waals surface area contributed by atoms with Crippen LogP contribution in [-0.2, 0) is 0 Å². The quantitative estimate of drug-likeness (QED) is 0.671. The number of fused-ring (bicyclic) bond motifs is 2. The average molecular weight is 344 g/mol. The number of anilines is 1. The number of rotatable bonds is 1. The van der Waals surface area contributed by atoms with Crippen molar-refractivity contribution in [3.05, 3.63) is 58.3 Å². The molecule has 0 spiro atoms. The molecule has 2 heterocycles. The van der Waals surface area contributed by atoms with Crippen molar-refractivity contribution in [2.24, 2.45) is 0 Å². The molecule has 4 heteroatoms. The summed E-state index contributed by atoms with van der Waals surface area (Å²) in [5.74, 6) is 1.72. The molecule has 106 valence electrons. The van der Waals surface area contributed by atoms with Gasteiger partial charge in [0, 0.05) is 9.86 Å². The van der Waals surface area contributed by atoms with Crippen molar-refractivity contribution >= 4 is 32.6 Å². The Labute approximate surface area is 131 Å². The maximum atomic E-state index is 6.06. The topological polar surface area (TPSA) is 34.4 Å². The zero-order valence-corrected chi connectivity index (χ0v) is 13.1. The van der Waals surface area contributed by atoms with E-state index >= 15 is 0 Å². The fraction of sp³-hybridized carbons (Fsp3) is 0.176. The fourth-order valence-corrected chi connectivity index (χ4v) is 3.01. The number of furan rings is 1. The first-order valence-electron chi connectivity index (χ1n) is 6.89. The molecule has 0 fully saturated rings. The van der Waals surface area contributed by atoms with Crippen LogP contribution in [-0.4, -0.2) is 6.54 Å². The van der Waals surface area contributed by atoms with Gasteiger partial charge >= 0.3 is 0 Å². The van der Waals surface area contributed by atoms with Crippen LogP contribution in [0.4, 0.5) is 5.69 Å². The lowest BCUT2D eigenvalue weighted by Crippen LogP contribution is -2.23. The van der Waals surface area contributed by atoms with Crippen molar-refractivity contribution in [3.8, 4) is 5.75 Å². The zero-order valence-electron chi connectivity index (χ0n) is 11.5. The first-order valence-corrected chi connectivity index (χ1v) is 7.68. The number of hydrogen-bond donors (Lipinski definition) is 1. The largest absolute Gasteiger partial charge is 0.478 e. The third-order valence-corrected chi connectivity index (χ3v) is 4.19. The molecular formula is C17H14BrNO2. The third-order valence-electron chi connectivity index (χ3n) is 3.70. The minimum atomic E-state index is -0.105. The molecule has 3 nitrogen and oxygen atoms in total. The van der Waals surface area contributed by atoms with Gasteiger partial charge in [0.05, 0.1) is 12.2 Å². The molecule has 0 bridgehead atoms. The highest BCUT2D eigenvalue weighted by atomic mass is 79.9. The summed E-state index contributed by atoms with van der Waals surface area (Å²) in [6.45, 7) is 2.78. The highest BCUT2D eigenvalue weighted by Crippen LogP contribution is 2.36. The summed E-state index contributed by atoms with van der Waals surface area (Å²) in [6, 6.07) is 14.2. The van der Waals surface area contributed by atoms with Crippen LogP contribution in [0.1, 0.15) is 17.4 Å². The van der Waals surface area contributed by atoms with Crippen molar-refractivity contribution in [2.45, 2.75) is 13.0 Å². The SMILES string of the molecule is Cc1ccc2c(c1)NCC(c1cc3cc(Br)ccc3o1)O2. The lowest BCUT2D eigenvalue weighted by molar-refractivity contribution is 0.183. The number of halogens is 1. The maximum absolute atomic E-state index is 6.06. The highest BCUT2D eigenvalue weighted by molar-refractivity contribution is 9.10. The van der Waals surface area contributed by atoms with Crippen LogP contribution in [0, 0.1) is 6.92 Å². The number of aryl methyl sites for hydroxylation is 1. The van der Waals surface area contributed by atoms with E-state index in [1.165, 1.54) is 5.56 Å². The molecule has 1 unspecified atom stereocenters. The van der Waals surface area contributed by atoms with Crippen molar-refractivity contribution in [3.63, 3.8) is 0 Å².